The Labute approximate surface area is 108 Å². The summed E-state index contributed by atoms with van der Waals surface area (Å²) in [5.41, 5.74) is 6.37. The van der Waals surface area contributed by atoms with Crippen molar-refractivity contribution >= 4 is 17.2 Å². The van der Waals surface area contributed by atoms with Crippen LogP contribution in [0.15, 0.2) is 36.5 Å². The lowest BCUT2D eigenvalue weighted by Gasteiger charge is -2.13. The molecule has 0 radical (unpaired) electrons. The van der Waals surface area contributed by atoms with Crippen LogP contribution in [0.1, 0.15) is 11.1 Å². The molecule has 2 aromatic rings. The molecule has 19 heavy (non-hydrogen) atoms. The van der Waals surface area contributed by atoms with Gasteiger partial charge in [0, 0.05) is 11.9 Å². The highest BCUT2D eigenvalue weighted by Crippen LogP contribution is 2.33. The van der Waals surface area contributed by atoms with Crippen molar-refractivity contribution in [1.82, 2.24) is 4.98 Å². The van der Waals surface area contributed by atoms with Gasteiger partial charge < -0.3 is 11.1 Å². The Hall–Kier alpha value is -2.24. The number of anilines is 3. The van der Waals surface area contributed by atoms with Crippen LogP contribution >= 0.6 is 0 Å². The van der Waals surface area contributed by atoms with E-state index in [1.165, 1.54) is 12.3 Å². The van der Waals surface area contributed by atoms with E-state index in [-0.39, 0.29) is 0 Å². The molecule has 1 aromatic heterocycles. The van der Waals surface area contributed by atoms with Gasteiger partial charge in [0.2, 0.25) is 0 Å². The maximum Gasteiger partial charge on any atom is 0.416 e. The highest BCUT2D eigenvalue weighted by atomic mass is 19.4. The van der Waals surface area contributed by atoms with Gasteiger partial charge in [-0.3, -0.25) is 0 Å². The molecule has 3 nitrogen and oxygen atoms in total. The first-order chi connectivity index (χ1) is 8.88. The van der Waals surface area contributed by atoms with Crippen molar-refractivity contribution in [1.29, 1.82) is 0 Å². The van der Waals surface area contributed by atoms with Crippen LogP contribution in [0.2, 0.25) is 0 Å². The fourth-order valence-electron chi connectivity index (χ4n) is 1.58. The van der Waals surface area contributed by atoms with Crippen molar-refractivity contribution in [2.24, 2.45) is 0 Å². The van der Waals surface area contributed by atoms with Gasteiger partial charge in [-0.25, -0.2) is 4.98 Å². The van der Waals surface area contributed by atoms with Gasteiger partial charge in [-0.2, -0.15) is 13.2 Å². The third-order valence-corrected chi connectivity index (χ3v) is 2.66. The number of nitrogens with one attached hydrogen (secondary N) is 1. The number of aromatic nitrogens is 1. The fraction of sp³-hybridized carbons (Fsp3) is 0.154. The van der Waals surface area contributed by atoms with Gasteiger partial charge in [-0.15, -0.1) is 0 Å². The van der Waals surface area contributed by atoms with Crippen molar-refractivity contribution in [3.63, 3.8) is 0 Å². The molecule has 0 saturated heterocycles. The molecular formula is C13H12F3N3. The minimum absolute atomic E-state index is 0.334. The van der Waals surface area contributed by atoms with Crippen LogP contribution in [0.25, 0.3) is 0 Å². The molecule has 0 amide bonds. The average Bonchev–Trinajstić information content (AvgIpc) is 2.33. The SMILES string of the molecule is Cc1ccc(C(F)(F)F)cc1Nc1ncccc1N. The average molecular weight is 267 g/mol. The van der Waals surface area contributed by atoms with E-state index in [0.29, 0.717) is 22.8 Å². The third-order valence-electron chi connectivity index (χ3n) is 2.66. The van der Waals surface area contributed by atoms with E-state index in [2.05, 4.69) is 10.3 Å². The Morgan fingerprint density at radius 1 is 1.21 bits per heavy atom. The fourth-order valence-corrected chi connectivity index (χ4v) is 1.58. The van der Waals surface area contributed by atoms with Crippen LogP contribution in [-0.2, 0) is 6.18 Å². The molecule has 3 N–H and O–H groups in total. The van der Waals surface area contributed by atoms with E-state index < -0.39 is 11.7 Å². The van der Waals surface area contributed by atoms with Crippen LogP contribution in [0, 0.1) is 6.92 Å². The predicted octanol–water partition coefficient (Wildman–Crippen LogP) is 3.73. The Morgan fingerprint density at radius 3 is 2.58 bits per heavy atom. The summed E-state index contributed by atoms with van der Waals surface area (Å²) in [6, 6.07) is 6.77. The van der Waals surface area contributed by atoms with Crippen molar-refractivity contribution in [2.45, 2.75) is 13.1 Å². The van der Waals surface area contributed by atoms with Crippen molar-refractivity contribution in [3.8, 4) is 0 Å². The van der Waals surface area contributed by atoms with Crippen molar-refractivity contribution < 1.29 is 13.2 Å². The van der Waals surface area contributed by atoms with E-state index >= 15 is 0 Å². The van der Waals surface area contributed by atoms with Crippen molar-refractivity contribution in [3.05, 3.63) is 47.7 Å². The summed E-state index contributed by atoms with van der Waals surface area (Å²) in [4.78, 5) is 3.99. The second-order valence-corrected chi connectivity index (χ2v) is 4.09. The molecule has 0 aliphatic heterocycles. The summed E-state index contributed by atoms with van der Waals surface area (Å²) >= 11 is 0. The smallest absolute Gasteiger partial charge is 0.396 e. The molecule has 0 spiro atoms. The molecular weight excluding hydrogens is 255 g/mol. The number of halogens is 3. The van der Waals surface area contributed by atoms with E-state index in [9.17, 15) is 13.2 Å². The monoisotopic (exact) mass is 267 g/mol. The first kappa shape index (κ1) is 13.2. The van der Waals surface area contributed by atoms with Crippen LogP contribution in [-0.4, -0.2) is 4.98 Å². The van der Waals surface area contributed by atoms with Gasteiger partial charge >= 0.3 is 6.18 Å². The van der Waals surface area contributed by atoms with Crippen LogP contribution < -0.4 is 11.1 Å². The highest BCUT2D eigenvalue weighted by Gasteiger charge is 2.30. The van der Waals surface area contributed by atoms with Gasteiger partial charge in [0.1, 0.15) is 0 Å². The van der Waals surface area contributed by atoms with Gasteiger partial charge in [-0.05, 0) is 36.8 Å². The quantitative estimate of drug-likeness (QED) is 0.871. The number of alkyl halides is 3. The lowest BCUT2D eigenvalue weighted by atomic mass is 10.1. The molecule has 0 bridgehead atoms. The molecule has 100 valence electrons. The molecule has 0 atom stereocenters. The number of pyridine rings is 1. The number of benzene rings is 1. The minimum atomic E-state index is -4.38. The summed E-state index contributed by atoms with van der Waals surface area (Å²) < 4.78 is 37.9. The number of nitrogens with two attached hydrogens (primary N) is 1. The summed E-state index contributed by atoms with van der Waals surface area (Å²) in [6.45, 7) is 1.71. The molecule has 0 unspecified atom stereocenters. The summed E-state index contributed by atoms with van der Waals surface area (Å²) in [5, 5.41) is 2.82. The summed E-state index contributed by atoms with van der Waals surface area (Å²) in [5.74, 6) is 0.338. The first-order valence-electron chi connectivity index (χ1n) is 5.53. The highest BCUT2D eigenvalue weighted by molar-refractivity contribution is 5.70. The number of aryl methyl sites for hydroxylation is 1. The van der Waals surface area contributed by atoms with Crippen molar-refractivity contribution in [2.75, 3.05) is 11.1 Å². The Balaban J connectivity index is 2.38. The maximum absolute atomic E-state index is 12.6. The number of hydrogen-bond acceptors (Lipinski definition) is 3. The Morgan fingerprint density at radius 2 is 1.95 bits per heavy atom. The lowest BCUT2D eigenvalue weighted by Crippen LogP contribution is -2.07. The second-order valence-electron chi connectivity index (χ2n) is 4.09. The number of rotatable bonds is 2. The summed E-state index contributed by atoms with van der Waals surface area (Å²) in [7, 11) is 0. The first-order valence-corrected chi connectivity index (χ1v) is 5.53. The normalized spacial score (nSPS) is 11.4. The standard InChI is InChI=1S/C13H12F3N3/c1-8-4-5-9(13(14,15)16)7-11(8)19-12-10(17)3-2-6-18-12/h2-7H,17H2,1H3,(H,18,19). The van der Waals surface area contributed by atoms with E-state index in [4.69, 9.17) is 5.73 Å². The van der Waals surface area contributed by atoms with Crippen LogP contribution in [0.5, 0.6) is 0 Å². The number of hydrogen-bond donors (Lipinski definition) is 2. The molecule has 6 heteroatoms. The molecule has 0 fully saturated rings. The third kappa shape index (κ3) is 2.96. The largest absolute Gasteiger partial charge is 0.416 e. The van der Waals surface area contributed by atoms with Gasteiger partial charge in [0.25, 0.3) is 0 Å². The molecule has 0 aliphatic rings. The number of nitrogens with zero attached hydrogens (tertiary/aromatic N) is 1. The summed E-state index contributed by atoms with van der Waals surface area (Å²) in [6.07, 6.45) is -2.86. The van der Waals surface area contributed by atoms with Gasteiger partial charge in [-0.1, -0.05) is 6.07 Å². The zero-order valence-corrected chi connectivity index (χ0v) is 10.1. The van der Waals surface area contributed by atoms with Crippen LogP contribution in [0.4, 0.5) is 30.4 Å². The zero-order valence-electron chi connectivity index (χ0n) is 10.1. The zero-order chi connectivity index (χ0) is 14.0. The van der Waals surface area contributed by atoms with E-state index in [1.54, 1.807) is 19.1 Å². The Kier molecular flexibility index (Phi) is 3.33. The number of nitrogen functional groups attached to an aromatic ring is 1. The van der Waals surface area contributed by atoms with E-state index in [0.717, 1.165) is 12.1 Å². The molecule has 1 heterocycles. The minimum Gasteiger partial charge on any atom is -0.396 e. The van der Waals surface area contributed by atoms with Gasteiger partial charge in [0.05, 0.1) is 11.3 Å². The van der Waals surface area contributed by atoms with E-state index in [1.807, 2.05) is 0 Å². The molecule has 2 rings (SSSR count). The topological polar surface area (TPSA) is 50.9 Å². The van der Waals surface area contributed by atoms with Crippen LogP contribution in [0.3, 0.4) is 0 Å². The molecule has 0 aliphatic carbocycles. The van der Waals surface area contributed by atoms with Gasteiger partial charge in [0.15, 0.2) is 5.82 Å². The predicted molar refractivity (Wildman–Crippen MR) is 68.1 cm³/mol. The lowest BCUT2D eigenvalue weighted by molar-refractivity contribution is -0.137. The second kappa shape index (κ2) is 4.79. The maximum atomic E-state index is 12.6. The molecule has 0 saturated carbocycles. The Bertz CT molecular complexity index is 594. The molecule has 1 aromatic carbocycles.